The van der Waals surface area contributed by atoms with Crippen LogP contribution in [0.4, 0.5) is 5.69 Å². The topological polar surface area (TPSA) is 3.01 Å². The van der Waals surface area contributed by atoms with E-state index in [1.807, 2.05) is 7.05 Å². The second-order valence-electron chi connectivity index (χ2n) is 3.70. The lowest BCUT2D eigenvalue weighted by atomic mass is 9.98. The third-order valence-corrected chi connectivity index (χ3v) is 2.83. The number of hydrogen-bond donors (Lipinski definition) is 0. The summed E-state index contributed by atoms with van der Waals surface area (Å²) in [4.78, 5) is 0. The van der Waals surface area contributed by atoms with Gasteiger partial charge in [0.1, 0.15) is 7.05 Å². The van der Waals surface area contributed by atoms with Crippen molar-refractivity contribution in [3.05, 3.63) is 28.3 Å². The van der Waals surface area contributed by atoms with Gasteiger partial charge in [-0.1, -0.05) is 29.7 Å². The van der Waals surface area contributed by atoms with Gasteiger partial charge in [-0.05, 0) is 26.3 Å². The minimum absolute atomic E-state index is 1.11. The van der Waals surface area contributed by atoms with Crippen LogP contribution < -0.4 is 0 Å². The van der Waals surface area contributed by atoms with Gasteiger partial charge >= 0.3 is 0 Å². The summed E-state index contributed by atoms with van der Waals surface area (Å²) in [6.45, 7) is 14.3. The molecule has 1 aromatic carbocycles. The molecule has 0 saturated heterocycles. The van der Waals surface area contributed by atoms with Gasteiger partial charge in [-0.2, -0.15) is 0 Å². The van der Waals surface area contributed by atoms with Crippen molar-refractivity contribution >= 4 is 12.4 Å². The Labute approximate surface area is 80.7 Å². The molecule has 0 saturated carbocycles. The highest BCUT2D eigenvalue weighted by Crippen LogP contribution is 2.25. The van der Waals surface area contributed by atoms with Gasteiger partial charge in [0, 0.05) is 6.72 Å². The van der Waals surface area contributed by atoms with Crippen LogP contribution in [0.25, 0.3) is 0 Å². The van der Waals surface area contributed by atoms with Gasteiger partial charge in [-0.25, -0.2) is 0 Å². The fourth-order valence-electron chi connectivity index (χ4n) is 1.56. The van der Waals surface area contributed by atoms with Crippen molar-refractivity contribution in [1.29, 1.82) is 0 Å². The van der Waals surface area contributed by atoms with E-state index >= 15 is 0 Å². The first kappa shape index (κ1) is 9.97. The highest BCUT2D eigenvalue weighted by Gasteiger charge is 2.05. The molecular weight excluding hydrogens is 158 g/mol. The molecule has 1 aromatic rings. The lowest BCUT2D eigenvalue weighted by Gasteiger charge is -2.16. The number of benzene rings is 1. The zero-order valence-electron chi connectivity index (χ0n) is 9.10. The molecule has 0 fully saturated rings. The number of nitrogens with zero attached hydrogens (tertiary/aromatic N) is 1. The molecule has 0 heterocycles. The second-order valence-corrected chi connectivity index (χ2v) is 3.70. The molecule has 1 heteroatoms. The third kappa shape index (κ3) is 1.64. The summed E-state index contributed by atoms with van der Waals surface area (Å²) in [5, 5.41) is 0. The zero-order chi connectivity index (χ0) is 10.2. The highest BCUT2D eigenvalue weighted by atomic mass is 14.9. The quantitative estimate of drug-likeness (QED) is 0.351. The van der Waals surface area contributed by atoms with Crippen molar-refractivity contribution in [3.63, 3.8) is 0 Å². The van der Waals surface area contributed by atoms with E-state index in [0.29, 0.717) is 0 Å². The van der Waals surface area contributed by atoms with Crippen LogP contribution in [0, 0.1) is 27.7 Å². The smallest absolute Gasteiger partial charge is 0.105 e. The fourth-order valence-corrected chi connectivity index (χ4v) is 1.56. The van der Waals surface area contributed by atoms with Gasteiger partial charge in [0.2, 0.25) is 0 Å². The van der Waals surface area contributed by atoms with Crippen molar-refractivity contribution in [2.24, 2.45) is 0 Å². The van der Waals surface area contributed by atoms with Crippen molar-refractivity contribution in [1.82, 2.24) is 0 Å². The summed E-state index contributed by atoms with van der Waals surface area (Å²) in [6.07, 6.45) is 0. The number of aryl methyl sites for hydroxylation is 1. The van der Waals surface area contributed by atoms with Crippen LogP contribution in [0.1, 0.15) is 22.3 Å². The molecule has 0 atom stereocenters. The Hall–Kier alpha value is -1.11. The van der Waals surface area contributed by atoms with Crippen molar-refractivity contribution in [2.45, 2.75) is 27.7 Å². The van der Waals surface area contributed by atoms with Gasteiger partial charge in [-0.15, -0.1) is 0 Å². The predicted octanol–water partition coefficient (Wildman–Crippen LogP) is 2.77. The molecule has 0 N–H and O–H groups in total. The minimum Gasteiger partial charge on any atom is -0.369 e. The van der Waals surface area contributed by atoms with Crippen molar-refractivity contribution in [2.75, 3.05) is 7.05 Å². The lowest BCUT2D eigenvalue weighted by molar-refractivity contribution is -0.395. The Morgan fingerprint density at radius 3 is 2.00 bits per heavy atom. The maximum absolute atomic E-state index is 5.74. The number of hydrogen-bond acceptors (Lipinski definition) is 0. The van der Waals surface area contributed by atoms with E-state index in [-0.39, 0.29) is 0 Å². The molecule has 0 aliphatic rings. The molecule has 0 aliphatic heterocycles. The monoisotopic (exact) mass is 175 g/mol. The van der Waals surface area contributed by atoms with Gasteiger partial charge in [0.25, 0.3) is 0 Å². The van der Waals surface area contributed by atoms with E-state index in [1.165, 1.54) is 22.3 Å². The van der Waals surface area contributed by atoms with Crippen LogP contribution in [0.5, 0.6) is 0 Å². The van der Waals surface area contributed by atoms with Crippen molar-refractivity contribution in [3.8, 4) is 0 Å². The Morgan fingerprint density at radius 1 is 1.00 bits per heavy atom. The Kier molecular flexibility index (Phi) is 2.55. The molecule has 70 valence electrons. The SMILES string of the molecule is [CH-]=[N+](C)c1cc(C)c(C)c(C)c1C. The zero-order valence-corrected chi connectivity index (χ0v) is 9.10. The Morgan fingerprint density at radius 2 is 1.54 bits per heavy atom. The summed E-state index contributed by atoms with van der Waals surface area (Å²) in [5.41, 5.74) is 6.39. The van der Waals surface area contributed by atoms with E-state index in [0.717, 1.165) is 5.69 Å². The largest absolute Gasteiger partial charge is 0.369 e. The van der Waals surface area contributed by atoms with E-state index in [4.69, 9.17) is 6.72 Å². The molecule has 13 heavy (non-hydrogen) atoms. The van der Waals surface area contributed by atoms with Gasteiger partial charge in [0.05, 0.1) is 5.69 Å². The normalized spacial score (nSPS) is 10.2. The average molecular weight is 175 g/mol. The van der Waals surface area contributed by atoms with Crippen LogP contribution in [0.2, 0.25) is 0 Å². The number of rotatable bonds is 1. The first-order valence-corrected chi connectivity index (χ1v) is 4.51. The average Bonchev–Trinajstić information content (AvgIpc) is 2.07. The molecule has 0 unspecified atom stereocenters. The summed E-state index contributed by atoms with van der Waals surface area (Å²) in [7, 11) is 1.87. The molecule has 0 aliphatic carbocycles. The first-order valence-electron chi connectivity index (χ1n) is 4.51. The first-order chi connectivity index (χ1) is 5.95. The highest BCUT2D eigenvalue weighted by molar-refractivity contribution is 5.52. The van der Waals surface area contributed by atoms with E-state index < -0.39 is 0 Å². The molecule has 0 amide bonds. The van der Waals surface area contributed by atoms with Gasteiger partial charge in [-0.3, -0.25) is 0 Å². The van der Waals surface area contributed by atoms with Crippen molar-refractivity contribution < 1.29 is 4.58 Å². The lowest BCUT2D eigenvalue weighted by Crippen LogP contribution is -2.00. The second kappa shape index (κ2) is 3.33. The van der Waals surface area contributed by atoms with Gasteiger partial charge < -0.3 is 4.58 Å². The standard InChI is InChI=1S/C12H17N/c1-8-7-12(13(5)6)11(4)10(3)9(8)2/h5,7H,1-4,6H3. The molecule has 0 spiro atoms. The van der Waals surface area contributed by atoms with Crippen LogP contribution >= 0.6 is 0 Å². The molecule has 1 rings (SSSR count). The third-order valence-electron chi connectivity index (χ3n) is 2.83. The Bertz CT molecular complexity index is 362. The summed E-state index contributed by atoms with van der Waals surface area (Å²) < 4.78 is 1.68. The van der Waals surface area contributed by atoms with E-state index in [1.54, 1.807) is 4.58 Å². The Balaban J connectivity index is 3.50. The van der Waals surface area contributed by atoms with Crippen LogP contribution in [0.15, 0.2) is 6.07 Å². The van der Waals surface area contributed by atoms with Crippen LogP contribution in [-0.2, 0) is 0 Å². The van der Waals surface area contributed by atoms with E-state index in [2.05, 4.69) is 33.8 Å². The molecular formula is C12H17N. The summed E-state index contributed by atoms with van der Waals surface area (Å²) in [5.74, 6) is 0. The maximum atomic E-state index is 5.74. The van der Waals surface area contributed by atoms with E-state index in [9.17, 15) is 0 Å². The van der Waals surface area contributed by atoms with Crippen LogP contribution in [-0.4, -0.2) is 18.3 Å². The maximum Gasteiger partial charge on any atom is 0.105 e. The predicted molar refractivity (Wildman–Crippen MR) is 57.3 cm³/mol. The molecule has 0 radical (unpaired) electrons. The van der Waals surface area contributed by atoms with Crippen LogP contribution in [0.3, 0.4) is 0 Å². The molecule has 0 bridgehead atoms. The summed E-state index contributed by atoms with van der Waals surface area (Å²) >= 11 is 0. The molecule has 1 nitrogen and oxygen atoms in total. The summed E-state index contributed by atoms with van der Waals surface area (Å²) in [6, 6.07) is 2.14. The molecule has 0 aromatic heterocycles. The van der Waals surface area contributed by atoms with Gasteiger partial charge in [0.15, 0.2) is 0 Å². The minimum atomic E-state index is 1.11. The fraction of sp³-hybridized carbons (Fsp3) is 0.417.